The van der Waals surface area contributed by atoms with Crippen LogP contribution in [0.4, 0.5) is 40.7 Å². The molecule has 0 saturated carbocycles. The van der Waals surface area contributed by atoms with Gasteiger partial charge in [0.2, 0.25) is 5.91 Å². The number of nitrogens with one attached hydrogen (secondary N) is 3. The molecule has 0 unspecified atom stereocenters. The van der Waals surface area contributed by atoms with Gasteiger partial charge in [-0.25, -0.2) is 4.79 Å². The highest BCUT2D eigenvalue weighted by Gasteiger charge is 2.33. The zero-order valence-corrected chi connectivity index (χ0v) is 23.8. The lowest BCUT2D eigenvalue weighted by Gasteiger charge is -2.22. The van der Waals surface area contributed by atoms with Crippen molar-refractivity contribution in [2.45, 2.75) is 33.1 Å². The molecule has 3 N–H and O–H groups in total. The number of urea groups is 1. The minimum Gasteiger partial charge on any atom is -0.406 e. The van der Waals surface area contributed by atoms with Gasteiger partial charge in [-0.05, 0) is 90.8 Å². The van der Waals surface area contributed by atoms with Crippen molar-refractivity contribution >= 4 is 68.9 Å². The van der Waals surface area contributed by atoms with Gasteiger partial charge < -0.3 is 20.7 Å². The first kappa shape index (κ1) is 29.9. The number of benzene rings is 3. The Labute approximate surface area is 244 Å². The van der Waals surface area contributed by atoms with Crippen LogP contribution in [0.1, 0.15) is 30.9 Å². The van der Waals surface area contributed by atoms with E-state index < -0.39 is 12.4 Å². The van der Waals surface area contributed by atoms with Crippen LogP contribution in [0.25, 0.3) is 0 Å². The van der Waals surface area contributed by atoms with E-state index in [9.17, 15) is 22.8 Å². The van der Waals surface area contributed by atoms with Gasteiger partial charge in [0.15, 0.2) is 10.3 Å². The Hall–Kier alpha value is -4.10. The summed E-state index contributed by atoms with van der Waals surface area (Å²) in [6.07, 6.45) is -4.77. The Morgan fingerprint density at radius 2 is 1.54 bits per heavy atom. The molecule has 3 aromatic carbocycles. The van der Waals surface area contributed by atoms with Gasteiger partial charge in [0.05, 0.1) is 11.4 Å². The summed E-state index contributed by atoms with van der Waals surface area (Å²) in [7, 11) is 0. The van der Waals surface area contributed by atoms with Crippen LogP contribution in [0.2, 0.25) is 0 Å². The molecule has 3 aromatic rings. The van der Waals surface area contributed by atoms with E-state index in [1.165, 1.54) is 40.9 Å². The fraction of sp³-hybridized carbons (Fsp3) is 0.214. The average Bonchev–Trinajstić information content (AvgIpc) is 3.24. The molecule has 1 fully saturated rings. The number of hydrogen-bond acceptors (Lipinski definition) is 5. The number of alkyl halides is 3. The van der Waals surface area contributed by atoms with Crippen molar-refractivity contribution in [2.24, 2.45) is 4.99 Å². The molecule has 1 aliphatic heterocycles. The summed E-state index contributed by atoms with van der Waals surface area (Å²) in [5.41, 5.74) is 4.25. The highest BCUT2D eigenvalue weighted by molar-refractivity contribution is 8.15. The largest absolute Gasteiger partial charge is 0.573 e. The summed E-state index contributed by atoms with van der Waals surface area (Å²) in [6, 6.07) is 17.1. The molecular weight excluding hydrogens is 575 g/mol. The first-order valence-corrected chi connectivity index (χ1v) is 13.8. The van der Waals surface area contributed by atoms with Crippen LogP contribution in [0, 0.1) is 6.92 Å². The number of nitrogens with zero attached hydrogens (tertiary/aromatic N) is 2. The standard InChI is InChI=1S/C28H26F3N5O3S2/c1-16(2)22-13-4-17(3)14-23(22)36-24(37)15-41-27(36)35-25(38)32-18-5-7-19(8-6-18)33-26(40)34-20-9-11-21(12-10-20)39-28(29,30)31/h4-14,16H,15H2,1-3H3,(H,32,38)(H2,33,34,40). The lowest BCUT2D eigenvalue weighted by atomic mass is 9.99. The normalized spacial score (nSPS) is 14.4. The van der Waals surface area contributed by atoms with Gasteiger partial charge in [0.25, 0.3) is 0 Å². The zero-order valence-electron chi connectivity index (χ0n) is 22.2. The molecule has 0 atom stereocenters. The maximum absolute atomic E-state index is 12.7. The van der Waals surface area contributed by atoms with Gasteiger partial charge >= 0.3 is 12.4 Å². The van der Waals surface area contributed by atoms with E-state index in [4.69, 9.17) is 12.2 Å². The minimum absolute atomic E-state index is 0.139. The molecule has 3 amide bonds. The van der Waals surface area contributed by atoms with Crippen molar-refractivity contribution < 1.29 is 27.5 Å². The quantitative estimate of drug-likeness (QED) is 0.252. The Morgan fingerprint density at radius 3 is 2.10 bits per heavy atom. The number of anilines is 4. The van der Waals surface area contributed by atoms with Crippen LogP contribution in [0.3, 0.4) is 0 Å². The Balaban J connectivity index is 1.36. The third-order valence-corrected chi connectivity index (χ3v) is 6.88. The number of amides is 3. The minimum atomic E-state index is -4.77. The second kappa shape index (κ2) is 12.6. The van der Waals surface area contributed by atoms with Gasteiger partial charge in [0.1, 0.15) is 5.75 Å². The highest BCUT2D eigenvalue weighted by Crippen LogP contribution is 2.34. The fourth-order valence-electron chi connectivity index (χ4n) is 3.93. The molecule has 0 bridgehead atoms. The summed E-state index contributed by atoms with van der Waals surface area (Å²) < 4.78 is 40.8. The summed E-state index contributed by atoms with van der Waals surface area (Å²) in [6.45, 7) is 6.03. The van der Waals surface area contributed by atoms with Gasteiger partial charge in [-0.3, -0.25) is 9.69 Å². The topological polar surface area (TPSA) is 95.1 Å². The van der Waals surface area contributed by atoms with Crippen LogP contribution in [0.15, 0.2) is 71.7 Å². The second-order valence-corrected chi connectivity index (χ2v) is 10.6. The zero-order chi connectivity index (χ0) is 29.7. The molecule has 0 radical (unpaired) electrons. The lowest BCUT2D eigenvalue weighted by molar-refractivity contribution is -0.274. The van der Waals surface area contributed by atoms with E-state index in [0.717, 1.165) is 16.8 Å². The molecule has 0 aromatic heterocycles. The van der Waals surface area contributed by atoms with Crippen molar-refractivity contribution in [3.8, 4) is 5.75 Å². The molecule has 1 heterocycles. The second-order valence-electron chi connectivity index (χ2n) is 9.29. The first-order valence-electron chi connectivity index (χ1n) is 12.4. The van der Waals surface area contributed by atoms with Crippen LogP contribution in [-0.2, 0) is 4.79 Å². The maximum Gasteiger partial charge on any atom is 0.573 e. The molecule has 0 spiro atoms. The van der Waals surface area contributed by atoms with Gasteiger partial charge in [0, 0.05) is 17.1 Å². The van der Waals surface area contributed by atoms with Crippen LogP contribution < -0.4 is 25.6 Å². The summed E-state index contributed by atoms with van der Waals surface area (Å²) in [4.78, 5) is 31.2. The first-order chi connectivity index (χ1) is 19.4. The summed E-state index contributed by atoms with van der Waals surface area (Å²) >= 11 is 6.47. The number of aryl methyl sites for hydroxylation is 1. The molecular formula is C28H26F3N5O3S2. The molecule has 4 rings (SSSR count). The SMILES string of the molecule is Cc1ccc(C(C)C)c(N2C(=O)CSC2=NC(=O)Nc2ccc(NC(=S)Nc3ccc(OC(F)(F)F)cc3)cc2)c1. The number of hydrogen-bond donors (Lipinski definition) is 3. The predicted octanol–water partition coefficient (Wildman–Crippen LogP) is 7.49. The van der Waals surface area contributed by atoms with Crippen LogP contribution in [-0.4, -0.2) is 34.3 Å². The van der Waals surface area contributed by atoms with Gasteiger partial charge in [-0.1, -0.05) is 37.7 Å². The smallest absolute Gasteiger partial charge is 0.406 e. The number of amidine groups is 1. The van der Waals surface area contributed by atoms with E-state index in [1.807, 2.05) is 39.0 Å². The molecule has 1 aliphatic rings. The molecule has 13 heteroatoms. The number of ether oxygens (including phenoxy) is 1. The molecule has 41 heavy (non-hydrogen) atoms. The Bertz CT molecular complexity index is 1480. The van der Waals surface area contributed by atoms with Crippen molar-refractivity contribution in [3.63, 3.8) is 0 Å². The number of thioether (sulfide) groups is 1. The van der Waals surface area contributed by atoms with Crippen molar-refractivity contribution in [1.29, 1.82) is 0 Å². The van der Waals surface area contributed by atoms with Gasteiger partial charge in [-0.15, -0.1) is 13.2 Å². The average molecular weight is 602 g/mol. The number of thiocarbonyl (C=S) groups is 1. The molecule has 0 aliphatic carbocycles. The third kappa shape index (κ3) is 8.21. The molecule has 8 nitrogen and oxygen atoms in total. The maximum atomic E-state index is 12.7. The van der Waals surface area contributed by atoms with E-state index in [1.54, 1.807) is 24.3 Å². The van der Waals surface area contributed by atoms with E-state index >= 15 is 0 Å². The van der Waals surface area contributed by atoms with Crippen LogP contribution in [0.5, 0.6) is 5.75 Å². The Morgan fingerprint density at radius 1 is 0.976 bits per heavy atom. The number of aliphatic imine (C=N–C) groups is 1. The Kier molecular flexibility index (Phi) is 9.18. The fourth-order valence-corrected chi connectivity index (χ4v) is 5.02. The lowest BCUT2D eigenvalue weighted by Crippen LogP contribution is -2.31. The van der Waals surface area contributed by atoms with E-state index in [-0.39, 0.29) is 28.4 Å². The van der Waals surface area contributed by atoms with Crippen molar-refractivity contribution in [1.82, 2.24) is 0 Å². The number of halogens is 3. The monoisotopic (exact) mass is 601 g/mol. The van der Waals surface area contributed by atoms with E-state index in [2.05, 4.69) is 25.7 Å². The van der Waals surface area contributed by atoms with Crippen molar-refractivity contribution in [3.05, 3.63) is 77.9 Å². The van der Waals surface area contributed by atoms with Crippen LogP contribution >= 0.6 is 24.0 Å². The summed E-state index contributed by atoms with van der Waals surface area (Å²) in [5.74, 6) is -0.115. The molecule has 1 saturated heterocycles. The van der Waals surface area contributed by atoms with Gasteiger partial charge in [-0.2, -0.15) is 4.99 Å². The predicted molar refractivity (Wildman–Crippen MR) is 161 cm³/mol. The number of rotatable bonds is 6. The molecule has 214 valence electrons. The third-order valence-electron chi connectivity index (χ3n) is 5.75. The summed E-state index contributed by atoms with van der Waals surface area (Å²) in [5, 5.41) is 9.04. The number of carbonyl (C=O) groups excluding carboxylic acids is 2. The number of carbonyl (C=O) groups is 2. The highest BCUT2D eigenvalue weighted by atomic mass is 32.2. The van der Waals surface area contributed by atoms with E-state index in [0.29, 0.717) is 22.2 Å². The van der Waals surface area contributed by atoms with Crippen molar-refractivity contribution in [2.75, 3.05) is 26.6 Å².